The van der Waals surface area contributed by atoms with E-state index in [0.717, 1.165) is 43.6 Å². The zero-order valence-corrected chi connectivity index (χ0v) is 10.9. The van der Waals surface area contributed by atoms with E-state index in [1.807, 2.05) is 19.1 Å². The van der Waals surface area contributed by atoms with Crippen LogP contribution in [0.25, 0.3) is 0 Å². The fourth-order valence-corrected chi connectivity index (χ4v) is 2.60. The Morgan fingerprint density at radius 3 is 2.94 bits per heavy atom. The van der Waals surface area contributed by atoms with Gasteiger partial charge in [-0.2, -0.15) is 0 Å². The van der Waals surface area contributed by atoms with Crippen molar-refractivity contribution in [2.75, 3.05) is 12.3 Å². The fourth-order valence-electron chi connectivity index (χ4n) is 2.60. The van der Waals surface area contributed by atoms with Crippen LogP contribution in [-0.4, -0.2) is 23.4 Å². The number of amides is 1. The molecule has 0 aromatic heterocycles. The van der Waals surface area contributed by atoms with Gasteiger partial charge in [0.2, 0.25) is 5.91 Å². The van der Waals surface area contributed by atoms with Crippen LogP contribution in [0.3, 0.4) is 0 Å². The summed E-state index contributed by atoms with van der Waals surface area (Å²) in [7, 11) is 0. The lowest BCUT2D eigenvalue weighted by Crippen LogP contribution is -2.47. The molecule has 98 valence electrons. The molecule has 4 N–H and O–H groups in total. The van der Waals surface area contributed by atoms with Gasteiger partial charge in [-0.05, 0) is 43.5 Å². The number of anilines is 1. The molecule has 0 radical (unpaired) electrons. The first-order valence-electron chi connectivity index (χ1n) is 6.47. The molecule has 0 bridgehead atoms. The highest BCUT2D eigenvalue weighted by atomic mass is 16.1. The summed E-state index contributed by atoms with van der Waals surface area (Å²) in [5, 5.41) is 0. The standard InChI is InChI=1S/C14H21N3O/c1-10-11(5-4-6-12(10)15)9-17-8-3-2-7-13(17)14(16)18/h4-6,13H,2-3,7-9,15H2,1H3,(H2,16,18). The van der Waals surface area contributed by atoms with Crippen LogP contribution in [0.5, 0.6) is 0 Å². The molecule has 1 unspecified atom stereocenters. The van der Waals surface area contributed by atoms with Crippen LogP contribution in [0, 0.1) is 6.92 Å². The van der Waals surface area contributed by atoms with E-state index in [9.17, 15) is 4.79 Å². The van der Waals surface area contributed by atoms with E-state index in [1.165, 1.54) is 5.56 Å². The topological polar surface area (TPSA) is 72.3 Å². The van der Waals surface area contributed by atoms with Crippen molar-refractivity contribution in [3.63, 3.8) is 0 Å². The molecule has 4 heteroatoms. The number of likely N-dealkylation sites (tertiary alicyclic amines) is 1. The monoisotopic (exact) mass is 247 g/mol. The molecule has 1 aromatic carbocycles. The molecule has 1 fully saturated rings. The number of nitrogen functional groups attached to an aromatic ring is 1. The Morgan fingerprint density at radius 1 is 1.44 bits per heavy atom. The first-order valence-corrected chi connectivity index (χ1v) is 6.47. The van der Waals surface area contributed by atoms with Crippen LogP contribution in [0.15, 0.2) is 18.2 Å². The van der Waals surface area contributed by atoms with E-state index >= 15 is 0 Å². The molecule has 0 saturated carbocycles. The number of nitrogens with two attached hydrogens (primary N) is 2. The maximum atomic E-state index is 11.5. The van der Waals surface area contributed by atoms with Crippen LogP contribution in [0.1, 0.15) is 30.4 Å². The van der Waals surface area contributed by atoms with Gasteiger partial charge in [-0.3, -0.25) is 9.69 Å². The Bertz CT molecular complexity index is 445. The van der Waals surface area contributed by atoms with Gasteiger partial charge in [0.15, 0.2) is 0 Å². The molecule has 1 amide bonds. The van der Waals surface area contributed by atoms with Crippen molar-refractivity contribution in [2.24, 2.45) is 5.73 Å². The number of nitrogens with zero attached hydrogens (tertiary/aromatic N) is 1. The summed E-state index contributed by atoms with van der Waals surface area (Å²) in [5.74, 6) is -0.212. The predicted molar refractivity (Wildman–Crippen MR) is 72.8 cm³/mol. The van der Waals surface area contributed by atoms with E-state index in [1.54, 1.807) is 0 Å². The van der Waals surface area contributed by atoms with Gasteiger partial charge in [-0.1, -0.05) is 18.6 Å². The van der Waals surface area contributed by atoms with Gasteiger partial charge in [-0.15, -0.1) is 0 Å². The Hall–Kier alpha value is -1.55. The first-order chi connectivity index (χ1) is 8.59. The average Bonchev–Trinajstić information content (AvgIpc) is 2.35. The SMILES string of the molecule is Cc1c(N)cccc1CN1CCCCC1C(N)=O. The van der Waals surface area contributed by atoms with Gasteiger partial charge in [-0.25, -0.2) is 0 Å². The third-order valence-electron chi connectivity index (χ3n) is 3.80. The summed E-state index contributed by atoms with van der Waals surface area (Å²) in [5.41, 5.74) is 14.5. The minimum atomic E-state index is -0.212. The summed E-state index contributed by atoms with van der Waals surface area (Å²) in [6.45, 7) is 3.71. The van der Waals surface area contributed by atoms with Gasteiger partial charge in [0, 0.05) is 12.2 Å². The lowest BCUT2D eigenvalue weighted by atomic mass is 9.99. The van der Waals surface area contributed by atoms with Gasteiger partial charge in [0.25, 0.3) is 0 Å². The number of piperidine rings is 1. The van der Waals surface area contributed by atoms with Gasteiger partial charge >= 0.3 is 0 Å². The molecule has 1 atom stereocenters. The molecule has 4 nitrogen and oxygen atoms in total. The quantitative estimate of drug-likeness (QED) is 0.793. The highest BCUT2D eigenvalue weighted by molar-refractivity contribution is 5.79. The fraction of sp³-hybridized carbons (Fsp3) is 0.500. The van der Waals surface area contributed by atoms with Crippen LogP contribution >= 0.6 is 0 Å². The minimum Gasteiger partial charge on any atom is -0.399 e. The highest BCUT2D eigenvalue weighted by Gasteiger charge is 2.27. The predicted octanol–water partition coefficient (Wildman–Crippen LogP) is 1.42. The maximum Gasteiger partial charge on any atom is 0.234 e. The lowest BCUT2D eigenvalue weighted by molar-refractivity contribution is -0.124. The van der Waals surface area contributed by atoms with Crippen LogP contribution < -0.4 is 11.5 Å². The summed E-state index contributed by atoms with van der Waals surface area (Å²) in [6, 6.07) is 5.81. The molecule has 2 rings (SSSR count). The lowest BCUT2D eigenvalue weighted by Gasteiger charge is -2.34. The number of carbonyl (C=O) groups is 1. The highest BCUT2D eigenvalue weighted by Crippen LogP contribution is 2.22. The second-order valence-electron chi connectivity index (χ2n) is 5.02. The van der Waals surface area contributed by atoms with E-state index < -0.39 is 0 Å². The van der Waals surface area contributed by atoms with Crippen molar-refractivity contribution in [3.05, 3.63) is 29.3 Å². The molecular weight excluding hydrogens is 226 g/mol. The van der Waals surface area contributed by atoms with Gasteiger partial charge < -0.3 is 11.5 Å². The van der Waals surface area contributed by atoms with Crippen molar-refractivity contribution in [3.8, 4) is 0 Å². The Kier molecular flexibility index (Phi) is 3.87. The van der Waals surface area contributed by atoms with E-state index in [0.29, 0.717) is 0 Å². The second-order valence-corrected chi connectivity index (χ2v) is 5.02. The number of hydrogen-bond acceptors (Lipinski definition) is 3. The first kappa shape index (κ1) is 12.9. The number of primary amides is 1. The maximum absolute atomic E-state index is 11.5. The largest absolute Gasteiger partial charge is 0.399 e. The number of benzene rings is 1. The summed E-state index contributed by atoms with van der Waals surface area (Å²) < 4.78 is 0. The van der Waals surface area contributed by atoms with Crippen LogP contribution in [0.4, 0.5) is 5.69 Å². The number of hydrogen-bond donors (Lipinski definition) is 2. The smallest absolute Gasteiger partial charge is 0.234 e. The zero-order chi connectivity index (χ0) is 13.1. The number of rotatable bonds is 3. The summed E-state index contributed by atoms with van der Waals surface area (Å²) in [6.07, 6.45) is 3.09. The van der Waals surface area contributed by atoms with E-state index in [-0.39, 0.29) is 11.9 Å². The van der Waals surface area contributed by atoms with E-state index in [2.05, 4.69) is 11.0 Å². The minimum absolute atomic E-state index is 0.125. The molecule has 1 aliphatic heterocycles. The average molecular weight is 247 g/mol. The zero-order valence-electron chi connectivity index (χ0n) is 10.9. The van der Waals surface area contributed by atoms with Crippen molar-refractivity contribution in [1.29, 1.82) is 0 Å². The molecule has 0 spiro atoms. The van der Waals surface area contributed by atoms with Crippen molar-refractivity contribution >= 4 is 11.6 Å². The second kappa shape index (κ2) is 5.40. The third-order valence-corrected chi connectivity index (χ3v) is 3.80. The van der Waals surface area contributed by atoms with Crippen molar-refractivity contribution in [1.82, 2.24) is 4.90 Å². The normalized spacial score (nSPS) is 20.8. The molecule has 0 aliphatic carbocycles. The van der Waals surface area contributed by atoms with Gasteiger partial charge in [0.05, 0.1) is 6.04 Å². The Labute approximate surface area is 108 Å². The Balaban J connectivity index is 2.16. The summed E-state index contributed by atoms with van der Waals surface area (Å²) in [4.78, 5) is 13.6. The molecule has 1 aliphatic rings. The Morgan fingerprint density at radius 2 is 2.22 bits per heavy atom. The van der Waals surface area contributed by atoms with Crippen LogP contribution in [-0.2, 0) is 11.3 Å². The summed E-state index contributed by atoms with van der Waals surface area (Å²) >= 11 is 0. The molecule has 1 saturated heterocycles. The third kappa shape index (κ3) is 2.64. The van der Waals surface area contributed by atoms with Gasteiger partial charge in [0.1, 0.15) is 0 Å². The van der Waals surface area contributed by atoms with E-state index in [4.69, 9.17) is 11.5 Å². The molecular formula is C14H21N3O. The molecule has 1 aromatic rings. The van der Waals surface area contributed by atoms with Crippen molar-refractivity contribution < 1.29 is 4.79 Å². The number of carbonyl (C=O) groups excluding carboxylic acids is 1. The van der Waals surface area contributed by atoms with Crippen LogP contribution in [0.2, 0.25) is 0 Å². The van der Waals surface area contributed by atoms with Crippen molar-refractivity contribution in [2.45, 2.75) is 38.8 Å². The molecule has 18 heavy (non-hydrogen) atoms. The molecule has 1 heterocycles.